The third kappa shape index (κ3) is 3.92. The highest BCUT2D eigenvalue weighted by molar-refractivity contribution is 4.90. The zero-order valence-electron chi connectivity index (χ0n) is 11.8. The highest BCUT2D eigenvalue weighted by Gasteiger charge is 2.30. The normalized spacial score (nSPS) is 26.3. The summed E-state index contributed by atoms with van der Waals surface area (Å²) in [6.07, 6.45) is 6.16. The van der Waals surface area contributed by atoms with E-state index in [1.807, 2.05) is 0 Å². The molecule has 2 fully saturated rings. The first-order chi connectivity index (χ1) is 8.74. The maximum Gasteiger partial charge on any atom is 0.0613 e. The minimum Gasteiger partial charge on any atom is -0.394 e. The fourth-order valence-electron chi connectivity index (χ4n) is 3.17. The van der Waals surface area contributed by atoms with Crippen LogP contribution in [0.25, 0.3) is 0 Å². The van der Waals surface area contributed by atoms with Gasteiger partial charge in [-0.2, -0.15) is 0 Å². The quantitative estimate of drug-likeness (QED) is 0.751. The van der Waals surface area contributed by atoms with Gasteiger partial charge in [-0.25, -0.2) is 0 Å². The van der Waals surface area contributed by atoms with E-state index in [4.69, 9.17) is 0 Å². The molecule has 0 spiro atoms. The van der Waals surface area contributed by atoms with Crippen LogP contribution in [0.2, 0.25) is 0 Å². The minimum absolute atomic E-state index is 0.0326. The maximum atomic E-state index is 9.63. The van der Waals surface area contributed by atoms with Gasteiger partial charge >= 0.3 is 0 Å². The van der Waals surface area contributed by atoms with Gasteiger partial charge in [0.25, 0.3) is 0 Å². The molecular weight excluding hydrogens is 226 g/mol. The first-order valence-electron chi connectivity index (χ1n) is 7.51. The number of aliphatic hydroxyl groups excluding tert-OH is 1. The number of hydrogen-bond donors (Lipinski definition) is 2. The van der Waals surface area contributed by atoms with Gasteiger partial charge in [0.2, 0.25) is 0 Å². The Labute approximate surface area is 111 Å². The van der Waals surface area contributed by atoms with E-state index in [1.54, 1.807) is 0 Å². The van der Waals surface area contributed by atoms with Crippen LogP contribution in [-0.2, 0) is 0 Å². The van der Waals surface area contributed by atoms with Gasteiger partial charge in [0, 0.05) is 44.8 Å². The van der Waals surface area contributed by atoms with Crippen LogP contribution in [0.1, 0.15) is 32.1 Å². The largest absolute Gasteiger partial charge is 0.394 e. The molecule has 1 saturated carbocycles. The first kappa shape index (κ1) is 14.3. The van der Waals surface area contributed by atoms with Gasteiger partial charge in [0.05, 0.1) is 6.61 Å². The molecule has 0 radical (unpaired) electrons. The molecule has 0 amide bonds. The number of nitrogens with zero attached hydrogens (tertiary/aromatic N) is 2. The molecule has 4 nitrogen and oxygen atoms in total. The second kappa shape index (κ2) is 6.85. The molecule has 2 aliphatic rings. The van der Waals surface area contributed by atoms with E-state index in [1.165, 1.54) is 45.4 Å². The van der Waals surface area contributed by atoms with Gasteiger partial charge in [-0.3, -0.25) is 4.90 Å². The Bertz CT molecular complexity index is 233. The van der Waals surface area contributed by atoms with Gasteiger partial charge in [0.1, 0.15) is 0 Å². The molecule has 0 aromatic rings. The number of piperazine rings is 1. The summed E-state index contributed by atoms with van der Waals surface area (Å²) < 4.78 is 0. The molecule has 4 heteroatoms. The van der Waals surface area contributed by atoms with Gasteiger partial charge in [-0.05, 0) is 19.9 Å². The van der Waals surface area contributed by atoms with Gasteiger partial charge < -0.3 is 15.3 Å². The third-order valence-electron chi connectivity index (χ3n) is 4.64. The van der Waals surface area contributed by atoms with E-state index in [-0.39, 0.29) is 5.54 Å². The third-order valence-corrected chi connectivity index (χ3v) is 4.64. The van der Waals surface area contributed by atoms with Crippen LogP contribution in [0.5, 0.6) is 0 Å². The molecule has 0 aromatic heterocycles. The summed E-state index contributed by atoms with van der Waals surface area (Å²) in [4.78, 5) is 4.92. The summed E-state index contributed by atoms with van der Waals surface area (Å²) in [6, 6.07) is 0. The summed E-state index contributed by atoms with van der Waals surface area (Å²) in [5.41, 5.74) is 0.0326. The van der Waals surface area contributed by atoms with Crippen LogP contribution >= 0.6 is 0 Å². The monoisotopic (exact) mass is 255 g/mol. The summed E-state index contributed by atoms with van der Waals surface area (Å²) in [7, 11) is 2.19. The van der Waals surface area contributed by atoms with Crippen LogP contribution < -0.4 is 5.32 Å². The lowest BCUT2D eigenvalue weighted by Crippen LogP contribution is -2.53. The van der Waals surface area contributed by atoms with Gasteiger partial charge in [0.15, 0.2) is 0 Å². The molecule has 2 N–H and O–H groups in total. The molecular formula is C14H29N3O. The van der Waals surface area contributed by atoms with E-state index < -0.39 is 0 Å². The number of hydrogen-bond acceptors (Lipinski definition) is 4. The predicted molar refractivity (Wildman–Crippen MR) is 74.8 cm³/mol. The average Bonchev–Trinajstić information content (AvgIpc) is 2.42. The molecule has 106 valence electrons. The molecule has 0 bridgehead atoms. The SMILES string of the molecule is CN1CCN(CCNC2(CO)CCCCC2)CC1. The van der Waals surface area contributed by atoms with Crippen molar-refractivity contribution in [3.63, 3.8) is 0 Å². The Kier molecular flexibility index (Phi) is 5.42. The lowest BCUT2D eigenvalue weighted by molar-refractivity contribution is 0.109. The molecule has 18 heavy (non-hydrogen) atoms. The fraction of sp³-hybridized carbons (Fsp3) is 1.00. The fourth-order valence-corrected chi connectivity index (χ4v) is 3.17. The van der Waals surface area contributed by atoms with Gasteiger partial charge in [-0.15, -0.1) is 0 Å². The van der Waals surface area contributed by atoms with E-state index in [2.05, 4.69) is 22.2 Å². The van der Waals surface area contributed by atoms with Crippen molar-refractivity contribution in [2.75, 3.05) is 52.9 Å². The molecule has 0 unspecified atom stereocenters. The van der Waals surface area contributed by atoms with Crippen molar-refractivity contribution < 1.29 is 5.11 Å². The molecule has 1 saturated heterocycles. The summed E-state index contributed by atoms with van der Waals surface area (Å²) >= 11 is 0. The zero-order chi connectivity index (χ0) is 12.8. The van der Waals surface area contributed by atoms with Crippen molar-refractivity contribution in [3.05, 3.63) is 0 Å². The van der Waals surface area contributed by atoms with Crippen molar-refractivity contribution in [2.24, 2.45) is 0 Å². The van der Waals surface area contributed by atoms with E-state index >= 15 is 0 Å². The zero-order valence-corrected chi connectivity index (χ0v) is 11.8. The second-order valence-electron chi connectivity index (χ2n) is 6.07. The smallest absolute Gasteiger partial charge is 0.0613 e. The van der Waals surface area contributed by atoms with Crippen LogP contribution in [0.4, 0.5) is 0 Å². The number of likely N-dealkylation sites (N-methyl/N-ethyl adjacent to an activating group) is 1. The summed E-state index contributed by atoms with van der Waals surface area (Å²) in [6.45, 7) is 7.18. The molecule has 0 atom stereocenters. The lowest BCUT2D eigenvalue weighted by atomic mass is 9.82. The Morgan fingerprint density at radius 2 is 1.72 bits per heavy atom. The first-order valence-corrected chi connectivity index (χ1v) is 7.51. The van der Waals surface area contributed by atoms with Crippen LogP contribution in [0, 0.1) is 0 Å². The van der Waals surface area contributed by atoms with Crippen LogP contribution in [-0.4, -0.2) is 73.4 Å². The highest BCUT2D eigenvalue weighted by atomic mass is 16.3. The Morgan fingerprint density at radius 1 is 1.06 bits per heavy atom. The predicted octanol–water partition coefficient (Wildman–Crippen LogP) is 0.519. The van der Waals surface area contributed by atoms with Crippen molar-refractivity contribution in [2.45, 2.75) is 37.6 Å². The molecule has 1 aliphatic carbocycles. The number of nitrogens with one attached hydrogen (secondary N) is 1. The Balaban J connectivity index is 1.67. The molecule has 1 aliphatic heterocycles. The number of aliphatic hydroxyl groups is 1. The topological polar surface area (TPSA) is 38.7 Å². The average molecular weight is 255 g/mol. The van der Waals surface area contributed by atoms with Crippen molar-refractivity contribution in [1.82, 2.24) is 15.1 Å². The van der Waals surface area contributed by atoms with E-state index in [0.717, 1.165) is 25.9 Å². The van der Waals surface area contributed by atoms with Crippen molar-refractivity contribution in [3.8, 4) is 0 Å². The van der Waals surface area contributed by atoms with E-state index in [9.17, 15) is 5.11 Å². The van der Waals surface area contributed by atoms with Gasteiger partial charge in [-0.1, -0.05) is 19.3 Å². The summed E-state index contributed by atoms with van der Waals surface area (Å²) in [5, 5.41) is 13.3. The standard InChI is InChI=1S/C14H29N3O/c1-16-9-11-17(12-10-16)8-7-15-14(13-18)5-3-2-4-6-14/h15,18H,2-13H2,1H3. The number of rotatable bonds is 5. The molecule has 1 heterocycles. The molecule has 2 rings (SSSR count). The lowest BCUT2D eigenvalue weighted by Gasteiger charge is -2.38. The van der Waals surface area contributed by atoms with Crippen LogP contribution in [0.15, 0.2) is 0 Å². The minimum atomic E-state index is 0.0326. The Hall–Kier alpha value is -0.160. The van der Waals surface area contributed by atoms with Crippen LogP contribution in [0.3, 0.4) is 0 Å². The molecule has 0 aromatic carbocycles. The Morgan fingerprint density at radius 3 is 2.33 bits per heavy atom. The van der Waals surface area contributed by atoms with Crippen molar-refractivity contribution >= 4 is 0 Å². The maximum absolute atomic E-state index is 9.63. The van der Waals surface area contributed by atoms with E-state index in [0.29, 0.717) is 6.61 Å². The van der Waals surface area contributed by atoms with Crippen molar-refractivity contribution in [1.29, 1.82) is 0 Å². The highest BCUT2D eigenvalue weighted by Crippen LogP contribution is 2.27. The summed E-state index contributed by atoms with van der Waals surface area (Å²) in [5.74, 6) is 0. The second-order valence-corrected chi connectivity index (χ2v) is 6.07.